The molecule has 1 N–H and O–H groups in total. The Bertz CT molecular complexity index is 270. The summed E-state index contributed by atoms with van der Waals surface area (Å²) < 4.78 is 4.83. The first-order valence-corrected chi connectivity index (χ1v) is 5.93. The van der Waals surface area contributed by atoms with Gasteiger partial charge in [-0.25, -0.2) is 0 Å². The fraction of sp³-hybridized carbons (Fsp3) is 0.769. The molecule has 1 aliphatic rings. The smallest absolute Gasteiger partial charge is 0.323 e. The summed E-state index contributed by atoms with van der Waals surface area (Å²) in [6, 6.07) is -0.233. The molecule has 1 aliphatic carbocycles. The third-order valence-corrected chi connectivity index (χ3v) is 3.33. The Labute approximate surface area is 97.9 Å². The van der Waals surface area contributed by atoms with Crippen molar-refractivity contribution in [3.8, 4) is 12.3 Å². The monoisotopic (exact) mass is 223 g/mol. The number of esters is 1. The summed E-state index contributed by atoms with van der Waals surface area (Å²) in [6.45, 7) is 2.66. The van der Waals surface area contributed by atoms with Gasteiger partial charge in [-0.3, -0.25) is 10.1 Å². The molecular formula is C13H21NO2. The molecule has 0 aliphatic heterocycles. The van der Waals surface area contributed by atoms with Crippen LogP contribution in [0.3, 0.4) is 0 Å². The van der Waals surface area contributed by atoms with E-state index in [-0.39, 0.29) is 12.0 Å². The Morgan fingerprint density at radius 1 is 1.62 bits per heavy atom. The van der Waals surface area contributed by atoms with Crippen LogP contribution in [0.4, 0.5) is 0 Å². The highest BCUT2D eigenvalue weighted by Gasteiger charge is 2.31. The molecule has 0 bridgehead atoms. The highest BCUT2D eigenvalue weighted by Crippen LogP contribution is 2.31. The lowest BCUT2D eigenvalue weighted by atomic mass is 9.78. The Morgan fingerprint density at radius 2 is 2.38 bits per heavy atom. The van der Waals surface area contributed by atoms with Crippen molar-refractivity contribution in [2.75, 3.05) is 13.7 Å². The Morgan fingerprint density at radius 3 is 2.94 bits per heavy atom. The van der Waals surface area contributed by atoms with Crippen LogP contribution >= 0.6 is 0 Å². The van der Waals surface area contributed by atoms with Gasteiger partial charge in [0.1, 0.15) is 6.04 Å². The average molecular weight is 223 g/mol. The van der Waals surface area contributed by atoms with Crippen LogP contribution < -0.4 is 5.32 Å². The molecule has 0 radical (unpaired) electrons. The van der Waals surface area contributed by atoms with Gasteiger partial charge in [-0.2, -0.15) is 0 Å². The quantitative estimate of drug-likeness (QED) is 0.581. The summed E-state index contributed by atoms with van der Waals surface area (Å²) in [5.41, 5.74) is 0. The van der Waals surface area contributed by atoms with E-state index in [2.05, 4.69) is 18.2 Å². The predicted molar refractivity (Wildman–Crippen MR) is 63.8 cm³/mol. The highest BCUT2D eigenvalue weighted by atomic mass is 16.5. The van der Waals surface area contributed by atoms with Crippen LogP contribution in [0, 0.1) is 24.2 Å². The molecule has 0 aromatic heterocycles. The van der Waals surface area contributed by atoms with Crippen molar-refractivity contribution in [3.05, 3.63) is 0 Å². The molecule has 0 aromatic rings. The van der Waals surface area contributed by atoms with E-state index in [9.17, 15) is 4.79 Å². The third kappa shape index (κ3) is 3.53. The molecule has 3 unspecified atom stereocenters. The number of nitrogens with one attached hydrogen (secondary N) is 1. The SMILES string of the molecule is C#CCNC(C(=O)OC)C1CCCC(C)C1. The molecule has 1 fully saturated rings. The van der Waals surface area contributed by atoms with Crippen LogP contribution in [-0.2, 0) is 9.53 Å². The van der Waals surface area contributed by atoms with Gasteiger partial charge in [-0.05, 0) is 24.7 Å². The van der Waals surface area contributed by atoms with Gasteiger partial charge in [0, 0.05) is 0 Å². The molecule has 0 spiro atoms. The molecule has 90 valence electrons. The summed E-state index contributed by atoms with van der Waals surface area (Å²) in [6.07, 6.45) is 9.83. The van der Waals surface area contributed by atoms with E-state index in [4.69, 9.17) is 11.2 Å². The van der Waals surface area contributed by atoms with Crippen molar-refractivity contribution < 1.29 is 9.53 Å². The largest absolute Gasteiger partial charge is 0.468 e. The van der Waals surface area contributed by atoms with E-state index in [0.717, 1.165) is 12.8 Å². The number of carbonyl (C=O) groups is 1. The maximum Gasteiger partial charge on any atom is 0.323 e. The number of ether oxygens (including phenoxy) is 1. The molecule has 1 saturated carbocycles. The summed E-state index contributed by atoms with van der Waals surface area (Å²) in [5.74, 6) is 3.38. The van der Waals surface area contributed by atoms with Crippen molar-refractivity contribution in [1.29, 1.82) is 0 Å². The summed E-state index contributed by atoms with van der Waals surface area (Å²) in [5, 5.41) is 3.10. The van der Waals surface area contributed by atoms with Crippen molar-refractivity contribution in [2.24, 2.45) is 11.8 Å². The molecule has 0 heterocycles. The molecule has 16 heavy (non-hydrogen) atoms. The fourth-order valence-corrected chi connectivity index (χ4v) is 2.52. The van der Waals surface area contributed by atoms with Gasteiger partial charge in [0.15, 0.2) is 0 Å². The maximum absolute atomic E-state index is 11.7. The van der Waals surface area contributed by atoms with Crippen LogP contribution in [0.15, 0.2) is 0 Å². The van der Waals surface area contributed by atoms with Gasteiger partial charge >= 0.3 is 5.97 Å². The minimum Gasteiger partial charge on any atom is -0.468 e. The number of rotatable bonds is 4. The van der Waals surface area contributed by atoms with Gasteiger partial charge in [0.25, 0.3) is 0 Å². The lowest BCUT2D eigenvalue weighted by Gasteiger charge is -2.31. The predicted octanol–water partition coefficient (Wildman–Crippen LogP) is 1.58. The minimum atomic E-state index is -0.233. The molecule has 0 amide bonds. The van der Waals surface area contributed by atoms with Gasteiger partial charge in [-0.15, -0.1) is 6.42 Å². The fourth-order valence-electron chi connectivity index (χ4n) is 2.52. The molecule has 0 saturated heterocycles. The van der Waals surface area contributed by atoms with E-state index in [0.29, 0.717) is 18.4 Å². The third-order valence-electron chi connectivity index (χ3n) is 3.33. The molecule has 0 aromatic carbocycles. The van der Waals surface area contributed by atoms with Crippen molar-refractivity contribution >= 4 is 5.97 Å². The second kappa shape index (κ2) is 6.55. The van der Waals surface area contributed by atoms with Crippen molar-refractivity contribution in [3.63, 3.8) is 0 Å². The van der Waals surface area contributed by atoms with E-state index in [1.165, 1.54) is 20.0 Å². The molecule has 3 atom stereocenters. The highest BCUT2D eigenvalue weighted by molar-refractivity contribution is 5.76. The Balaban J connectivity index is 2.60. The zero-order valence-electron chi connectivity index (χ0n) is 10.2. The summed E-state index contributed by atoms with van der Waals surface area (Å²) >= 11 is 0. The first-order valence-electron chi connectivity index (χ1n) is 5.93. The van der Waals surface area contributed by atoms with Gasteiger partial charge in [-0.1, -0.05) is 25.7 Å². The second-order valence-corrected chi connectivity index (χ2v) is 4.62. The lowest BCUT2D eigenvalue weighted by molar-refractivity contribution is -0.145. The van der Waals surface area contributed by atoms with Gasteiger partial charge < -0.3 is 4.74 Å². The van der Waals surface area contributed by atoms with Gasteiger partial charge in [0.2, 0.25) is 0 Å². The van der Waals surface area contributed by atoms with E-state index in [1.54, 1.807) is 0 Å². The van der Waals surface area contributed by atoms with Crippen LogP contribution in [0.25, 0.3) is 0 Å². The van der Waals surface area contributed by atoms with Gasteiger partial charge in [0.05, 0.1) is 13.7 Å². The topological polar surface area (TPSA) is 38.3 Å². The van der Waals surface area contributed by atoms with Crippen molar-refractivity contribution in [1.82, 2.24) is 5.32 Å². The zero-order valence-corrected chi connectivity index (χ0v) is 10.2. The molecule has 3 heteroatoms. The van der Waals surface area contributed by atoms with Crippen LogP contribution in [0.1, 0.15) is 32.6 Å². The van der Waals surface area contributed by atoms with E-state index < -0.39 is 0 Å². The number of terminal acetylenes is 1. The number of carbonyl (C=O) groups excluding carboxylic acids is 1. The maximum atomic E-state index is 11.7. The summed E-state index contributed by atoms with van der Waals surface area (Å²) in [7, 11) is 1.43. The molecule has 3 nitrogen and oxygen atoms in total. The van der Waals surface area contributed by atoms with Crippen LogP contribution in [0.5, 0.6) is 0 Å². The minimum absolute atomic E-state index is 0.186. The standard InChI is InChI=1S/C13H21NO2/c1-4-8-14-12(13(15)16-3)11-7-5-6-10(2)9-11/h1,10-12,14H,5-9H2,2-3H3. The average Bonchev–Trinajstić information content (AvgIpc) is 2.29. The van der Waals surface area contributed by atoms with Crippen LogP contribution in [0.2, 0.25) is 0 Å². The zero-order chi connectivity index (χ0) is 12.0. The Hall–Kier alpha value is -1.01. The first kappa shape index (κ1) is 13.1. The van der Waals surface area contributed by atoms with Crippen LogP contribution in [-0.4, -0.2) is 25.7 Å². The summed E-state index contributed by atoms with van der Waals surface area (Å²) in [4.78, 5) is 11.7. The molecular weight excluding hydrogens is 202 g/mol. The van der Waals surface area contributed by atoms with Crippen molar-refractivity contribution in [2.45, 2.75) is 38.6 Å². The second-order valence-electron chi connectivity index (χ2n) is 4.62. The van der Waals surface area contributed by atoms with E-state index in [1.807, 2.05) is 0 Å². The lowest BCUT2D eigenvalue weighted by Crippen LogP contribution is -2.45. The number of hydrogen-bond acceptors (Lipinski definition) is 3. The molecule has 1 rings (SSSR count). The number of methoxy groups -OCH3 is 1. The first-order chi connectivity index (χ1) is 7.69. The Kier molecular flexibility index (Phi) is 5.34. The normalized spacial score (nSPS) is 26.8. The van der Waals surface area contributed by atoms with E-state index >= 15 is 0 Å². The number of hydrogen-bond donors (Lipinski definition) is 1.